The Labute approximate surface area is 227 Å². The van der Waals surface area contributed by atoms with Crippen molar-refractivity contribution in [3.05, 3.63) is 80.8 Å². The van der Waals surface area contributed by atoms with Gasteiger partial charge in [-0.15, -0.1) is 0 Å². The summed E-state index contributed by atoms with van der Waals surface area (Å²) in [6.07, 6.45) is 1.45. The topological polar surface area (TPSA) is 107 Å². The van der Waals surface area contributed by atoms with E-state index >= 15 is 0 Å². The molecule has 0 fully saturated rings. The Hall–Kier alpha value is -3.76. The minimum atomic E-state index is -0.501. The van der Waals surface area contributed by atoms with Crippen LogP contribution in [0.1, 0.15) is 21.5 Å². The van der Waals surface area contributed by atoms with Crippen molar-refractivity contribution >= 4 is 45.6 Å². The van der Waals surface area contributed by atoms with Crippen LogP contribution in [0.25, 0.3) is 0 Å². The monoisotopic (exact) mass is 589 g/mol. The summed E-state index contributed by atoms with van der Waals surface area (Å²) in [5.41, 5.74) is 4.30. The van der Waals surface area contributed by atoms with Gasteiger partial charge in [-0.05, 0) is 69.5 Å². The van der Waals surface area contributed by atoms with Gasteiger partial charge in [0.2, 0.25) is 0 Å². The summed E-state index contributed by atoms with van der Waals surface area (Å²) in [6.45, 7) is 0.0552. The first-order valence-electron chi connectivity index (χ1n) is 10.9. The predicted octanol–water partition coefficient (Wildman–Crippen LogP) is 4.59. The first-order chi connectivity index (χ1) is 17.8. The van der Waals surface area contributed by atoms with Crippen LogP contribution in [0.5, 0.6) is 23.0 Å². The van der Waals surface area contributed by atoms with Crippen molar-refractivity contribution < 1.29 is 28.5 Å². The van der Waals surface area contributed by atoms with Gasteiger partial charge in [-0.3, -0.25) is 9.59 Å². The maximum Gasteiger partial charge on any atom is 0.259 e. The second-order valence-electron chi connectivity index (χ2n) is 7.49. The Morgan fingerprint density at radius 1 is 0.946 bits per heavy atom. The highest BCUT2D eigenvalue weighted by Gasteiger charge is 2.13. The number of benzene rings is 3. The van der Waals surface area contributed by atoms with Gasteiger partial charge in [-0.25, -0.2) is 5.43 Å². The summed E-state index contributed by atoms with van der Waals surface area (Å²) in [4.78, 5) is 24.5. The van der Waals surface area contributed by atoms with Crippen LogP contribution in [-0.2, 0) is 11.4 Å². The molecule has 11 heteroatoms. The molecule has 3 aromatic rings. The molecule has 0 heterocycles. The molecule has 0 saturated heterocycles. The Bertz CT molecular complexity index is 1280. The number of amides is 2. The summed E-state index contributed by atoms with van der Waals surface area (Å²) in [5.74, 6) is 0.972. The van der Waals surface area contributed by atoms with Gasteiger partial charge >= 0.3 is 0 Å². The van der Waals surface area contributed by atoms with E-state index in [2.05, 4.69) is 31.8 Å². The number of methoxy groups -OCH3 is 3. The Kier molecular flexibility index (Phi) is 10.2. The van der Waals surface area contributed by atoms with Gasteiger partial charge in [0, 0.05) is 10.6 Å². The number of hydrogen-bond acceptors (Lipinski definition) is 7. The minimum absolute atomic E-state index is 0.269. The lowest BCUT2D eigenvalue weighted by Crippen LogP contribution is -2.34. The van der Waals surface area contributed by atoms with E-state index in [1.165, 1.54) is 33.6 Å². The fourth-order valence-corrected chi connectivity index (χ4v) is 3.85. The molecular formula is C26H25BrClN3O6. The molecule has 37 heavy (non-hydrogen) atoms. The van der Waals surface area contributed by atoms with Crippen LogP contribution in [0, 0.1) is 0 Å². The summed E-state index contributed by atoms with van der Waals surface area (Å²) < 4.78 is 22.4. The maximum atomic E-state index is 12.3. The van der Waals surface area contributed by atoms with Crippen LogP contribution >= 0.6 is 27.5 Å². The summed E-state index contributed by atoms with van der Waals surface area (Å²) in [7, 11) is 4.50. The third kappa shape index (κ3) is 7.86. The second-order valence-corrected chi connectivity index (χ2v) is 8.79. The van der Waals surface area contributed by atoms with Crippen molar-refractivity contribution in [2.24, 2.45) is 5.10 Å². The van der Waals surface area contributed by atoms with Crippen LogP contribution in [0.15, 0.2) is 64.2 Å². The highest BCUT2D eigenvalue weighted by atomic mass is 79.9. The van der Waals surface area contributed by atoms with E-state index in [-0.39, 0.29) is 6.54 Å². The standard InChI is InChI=1S/C26H25BrClN3O6/c1-34-21-9-6-18(12-22(21)35-2)26(33)29-14-24(32)31-30-13-17-10-20(27)25(23(11-17)36-3)37-15-16-4-7-19(28)8-5-16/h4-13H,14-15H2,1-3H3,(H,29,33)(H,31,32). The molecule has 0 aliphatic rings. The molecule has 0 aliphatic carbocycles. The SMILES string of the molecule is COc1ccc(C(=O)NCC(=O)NN=Cc2cc(Br)c(OCc3ccc(Cl)cc3)c(OC)c2)cc1OC. The van der Waals surface area contributed by atoms with Gasteiger partial charge < -0.3 is 24.3 Å². The Morgan fingerprint density at radius 3 is 2.32 bits per heavy atom. The van der Waals surface area contributed by atoms with Gasteiger partial charge in [0.15, 0.2) is 23.0 Å². The maximum absolute atomic E-state index is 12.3. The molecule has 0 aliphatic heterocycles. The van der Waals surface area contributed by atoms with E-state index < -0.39 is 11.8 Å². The first kappa shape index (κ1) is 27.8. The lowest BCUT2D eigenvalue weighted by Gasteiger charge is -2.13. The third-order valence-electron chi connectivity index (χ3n) is 5.01. The van der Waals surface area contributed by atoms with Crippen molar-refractivity contribution in [2.45, 2.75) is 6.61 Å². The van der Waals surface area contributed by atoms with Gasteiger partial charge in [-0.1, -0.05) is 23.7 Å². The first-order valence-corrected chi connectivity index (χ1v) is 12.1. The highest BCUT2D eigenvalue weighted by molar-refractivity contribution is 9.10. The quantitative estimate of drug-likeness (QED) is 0.250. The van der Waals surface area contributed by atoms with E-state index in [1.54, 1.807) is 36.4 Å². The van der Waals surface area contributed by atoms with Crippen molar-refractivity contribution in [3.63, 3.8) is 0 Å². The van der Waals surface area contributed by atoms with Crippen LogP contribution in [-0.4, -0.2) is 45.9 Å². The molecule has 0 atom stereocenters. The van der Waals surface area contributed by atoms with Gasteiger partial charge in [0.1, 0.15) is 6.61 Å². The average molecular weight is 591 g/mol. The fourth-order valence-electron chi connectivity index (χ4n) is 3.15. The summed E-state index contributed by atoms with van der Waals surface area (Å²) in [5, 5.41) is 7.13. The van der Waals surface area contributed by atoms with E-state index in [1.807, 2.05) is 12.1 Å². The lowest BCUT2D eigenvalue weighted by atomic mass is 10.2. The third-order valence-corrected chi connectivity index (χ3v) is 5.85. The molecule has 3 aromatic carbocycles. The van der Waals surface area contributed by atoms with Gasteiger partial charge in [0.05, 0.1) is 38.6 Å². The summed E-state index contributed by atoms with van der Waals surface area (Å²) >= 11 is 9.41. The molecule has 0 bridgehead atoms. The van der Waals surface area contributed by atoms with Crippen LogP contribution < -0.4 is 29.7 Å². The van der Waals surface area contributed by atoms with Gasteiger partial charge in [-0.2, -0.15) is 5.10 Å². The van der Waals surface area contributed by atoms with Crippen LogP contribution in [0.4, 0.5) is 0 Å². The number of ether oxygens (including phenoxy) is 4. The number of carbonyl (C=O) groups is 2. The lowest BCUT2D eigenvalue weighted by molar-refractivity contribution is -0.120. The molecule has 0 radical (unpaired) electrons. The molecule has 3 rings (SSSR count). The molecule has 0 unspecified atom stereocenters. The zero-order chi connectivity index (χ0) is 26.8. The number of rotatable bonds is 11. The molecule has 194 valence electrons. The van der Waals surface area contributed by atoms with E-state index in [0.29, 0.717) is 50.2 Å². The van der Waals surface area contributed by atoms with Crippen molar-refractivity contribution in [1.29, 1.82) is 0 Å². The van der Waals surface area contributed by atoms with Crippen molar-refractivity contribution in [3.8, 4) is 23.0 Å². The largest absolute Gasteiger partial charge is 0.493 e. The number of hydrogen-bond donors (Lipinski definition) is 2. The van der Waals surface area contributed by atoms with E-state index in [0.717, 1.165) is 5.56 Å². The van der Waals surface area contributed by atoms with Gasteiger partial charge in [0.25, 0.3) is 11.8 Å². The van der Waals surface area contributed by atoms with Crippen LogP contribution in [0.2, 0.25) is 5.02 Å². The zero-order valence-corrected chi connectivity index (χ0v) is 22.7. The molecule has 0 spiro atoms. The summed E-state index contributed by atoms with van der Waals surface area (Å²) in [6, 6.07) is 15.5. The number of nitrogens with zero attached hydrogens (tertiary/aromatic N) is 1. The number of carbonyl (C=O) groups excluding carboxylic acids is 2. The second kappa shape index (κ2) is 13.5. The van der Waals surface area contributed by atoms with E-state index in [9.17, 15) is 9.59 Å². The fraction of sp³-hybridized carbons (Fsp3) is 0.192. The molecule has 0 saturated carbocycles. The van der Waals surface area contributed by atoms with E-state index in [4.69, 9.17) is 30.5 Å². The number of hydrazone groups is 1. The van der Waals surface area contributed by atoms with Crippen LogP contribution in [0.3, 0.4) is 0 Å². The highest BCUT2D eigenvalue weighted by Crippen LogP contribution is 2.37. The molecule has 2 N–H and O–H groups in total. The zero-order valence-electron chi connectivity index (χ0n) is 20.3. The van der Waals surface area contributed by atoms with Crippen molar-refractivity contribution in [2.75, 3.05) is 27.9 Å². The average Bonchev–Trinajstić information content (AvgIpc) is 2.91. The Morgan fingerprint density at radius 2 is 1.65 bits per heavy atom. The number of halogens is 2. The molecule has 9 nitrogen and oxygen atoms in total. The minimum Gasteiger partial charge on any atom is -0.493 e. The normalized spacial score (nSPS) is 10.6. The molecular weight excluding hydrogens is 566 g/mol. The van der Waals surface area contributed by atoms with Crippen molar-refractivity contribution in [1.82, 2.24) is 10.7 Å². The smallest absolute Gasteiger partial charge is 0.259 e. The predicted molar refractivity (Wildman–Crippen MR) is 144 cm³/mol. The Balaban J connectivity index is 1.55. The molecule has 2 amide bonds. The number of nitrogens with one attached hydrogen (secondary N) is 2. The molecule has 0 aromatic heterocycles.